The predicted molar refractivity (Wildman–Crippen MR) is 109 cm³/mol. The predicted octanol–water partition coefficient (Wildman–Crippen LogP) is 3.93. The molecular formula is C21H31N5O2. The first-order valence-corrected chi connectivity index (χ1v) is 10.0. The highest BCUT2D eigenvalue weighted by Gasteiger charge is 2.32. The highest BCUT2D eigenvalue weighted by molar-refractivity contribution is 5.90. The van der Waals surface area contributed by atoms with Gasteiger partial charge in [0.1, 0.15) is 6.04 Å². The smallest absolute Gasteiger partial charge is 0.321 e. The summed E-state index contributed by atoms with van der Waals surface area (Å²) in [6.07, 6.45) is 0.913. The number of benzene rings is 1. The maximum Gasteiger partial charge on any atom is 0.321 e. The molecule has 2 amide bonds. The maximum atomic E-state index is 13.0. The molecule has 1 aromatic carbocycles. The normalized spacial score (nSPS) is 18.4. The van der Waals surface area contributed by atoms with Crippen LogP contribution in [0.5, 0.6) is 0 Å². The van der Waals surface area contributed by atoms with E-state index in [4.69, 9.17) is 4.52 Å². The standard InChI is InChI=1S/C21H31N5O2/c1-14(2)12-25-10-7-11-26(13-19(25)20-22-17(5)24-28-20)21(27)23-18-9-6-8-15(3)16(18)4/h6,8-9,14,19H,7,10-13H2,1-5H3,(H,23,27). The molecule has 2 aromatic rings. The molecule has 3 rings (SSSR count). The van der Waals surface area contributed by atoms with Crippen molar-refractivity contribution in [2.75, 3.05) is 31.5 Å². The van der Waals surface area contributed by atoms with Gasteiger partial charge in [0.05, 0.1) is 0 Å². The minimum atomic E-state index is -0.0875. The molecule has 1 atom stereocenters. The third-order valence-electron chi connectivity index (χ3n) is 5.27. The number of hydrogen-bond donors (Lipinski definition) is 1. The molecule has 0 spiro atoms. The zero-order valence-electron chi connectivity index (χ0n) is 17.5. The van der Waals surface area contributed by atoms with Crippen molar-refractivity contribution < 1.29 is 9.32 Å². The van der Waals surface area contributed by atoms with Crippen molar-refractivity contribution in [1.29, 1.82) is 0 Å². The quantitative estimate of drug-likeness (QED) is 0.863. The van der Waals surface area contributed by atoms with E-state index in [0.717, 1.165) is 36.3 Å². The number of aromatic nitrogens is 2. The molecule has 7 nitrogen and oxygen atoms in total. The third-order valence-corrected chi connectivity index (χ3v) is 5.27. The van der Waals surface area contributed by atoms with Crippen LogP contribution in [0.1, 0.15) is 49.2 Å². The Bertz CT molecular complexity index is 817. The summed E-state index contributed by atoms with van der Waals surface area (Å²) in [7, 11) is 0. The van der Waals surface area contributed by atoms with Crippen LogP contribution in [-0.2, 0) is 0 Å². The van der Waals surface area contributed by atoms with Gasteiger partial charge in [-0.3, -0.25) is 4.90 Å². The summed E-state index contributed by atoms with van der Waals surface area (Å²) in [4.78, 5) is 21.7. The topological polar surface area (TPSA) is 74.5 Å². The first-order valence-electron chi connectivity index (χ1n) is 10.0. The van der Waals surface area contributed by atoms with Crippen molar-refractivity contribution in [1.82, 2.24) is 19.9 Å². The number of aryl methyl sites for hydroxylation is 2. The molecule has 1 aliphatic heterocycles. The fourth-order valence-corrected chi connectivity index (χ4v) is 3.67. The van der Waals surface area contributed by atoms with Gasteiger partial charge in [0.15, 0.2) is 5.82 Å². The SMILES string of the molecule is Cc1noc(C2CN(C(=O)Nc3cccc(C)c3C)CCCN2CC(C)C)n1. The highest BCUT2D eigenvalue weighted by atomic mass is 16.5. The fraction of sp³-hybridized carbons (Fsp3) is 0.571. The van der Waals surface area contributed by atoms with E-state index in [1.807, 2.05) is 30.9 Å². The summed E-state index contributed by atoms with van der Waals surface area (Å²) in [5, 5.41) is 7.05. The number of nitrogens with one attached hydrogen (secondary N) is 1. The van der Waals surface area contributed by atoms with E-state index in [-0.39, 0.29) is 12.1 Å². The second-order valence-electron chi connectivity index (χ2n) is 8.06. The lowest BCUT2D eigenvalue weighted by atomic mass is 10.1. The fourth-order valence-electron chi connectivity index (χ4n) is 3.67. The minimum Gasteiger partial charge on any atom is -0.338 e. The van der Waals surface area contributed by atoms with Gasteiger partial charge in [0.2, 0.25) is 5.89 Å². The lowest BCUT2D eigenvalue weighted by Crippen LogP contribution is -2.40. The van der Waals surface area contributed by atoms with E-state index >= 15 is 0 Å². The highest BCUT2D eigenvalue weighted by Crippen LogP contribution is 2.26. The van der Waals surface area contributed by atoms with Crippen LogP contribution < -0.4 is 5.32 Å². The molecule has 1 aliphatic rings. The third kappa shape index (κ3) is 4.70. The molecule has 152 valence electrons. The van der Waals surface area contributed by atoms with Crippen LogP contribution in [0.25, 0.3) is 0 Å². The van der Waals surface area contributed by atoms with Gasteiger partial charge in [-0.1, -0.05) is 31.1 Å². The monoisotopic (exact) mass is 385 g/mol. The van der Waals surface area contributed by atoms with Crippen molar-refractivity contribution in [3.05, 3.63) is 41.0 Å². The van der Waals surface area contributed by atoms with E-state index in [1.165, 1.54) is 0 Å². The minimum absolute atomic E-state index is 0.0821. The van der Waals surface area contributed by atoms with Gasteiger partial charge in [-0.25, -0.2) is 4.79 Å². The van der Waals surface area contributed by atoms with E-state index < -0.39 is 0 Å². The number of amides is 2. The Labute approximate surface area is 167 Å². The Morgan fingerprint density at radius 3 is 2.75 bits per heavy atom. The lowest BCUT2D eigenvalue weighted by Gasteiger charge is -2.30. The van der Waals surface area contributed by atoms with E-state index in [0.29, 0.717) is 30.7 Å². The zero-order chi connectivity index (χ0) is 20.3. The second kappa shape index (κ2) is 8.73. The molecular weight excluding hydrogens is 354 g/mol. The van der Waals surface area contributed by atoms with Crippen molar-refractivity contribution in [3.63, 3.8) is 0 Å². The molecule has 0 aliphatic carbocycles. The van der Waals surface area contributed by atoms with Gasteiger partial charge in [0.25, 0.3) is 0 Å². The maximum absolute atomic E-state index is 13.0. The lowest BCUT2D eigenvalue weighted by molar-refractivity contribution is 0.138. The summed E-state index contributed by atoms with van der Waals surface area (Å²) in [6.45, 7) is 13.4. The number of carbonyl (C=O) groups is 1. The summed E-state index contributed by atoms with van der Waals surface area (Å²) in [5.74, 6) is 1.72. The molecule has 1 N–H and O–H groups in total. The number of carbonyl (C=O) groups excluding carboxylic acids is 1. The first kappa shape index (κ1) is 20.3. The molecule has 1 saturated heterocycles. The van der Waals surface area contributed by atoms with Gasteiger partial charge < -0.3 is 14.7 Å². The Morgan fingerprint density at radius 1 is 1.29 bits per heavy atom. The Kier molecular flexibility index (Phi) is 6.34. The number of nitrogens with zero attached hydrogens (tertiary/aromatic N) is 4. The molecule has 28 heavy (non-hydrogen) atoms. The van der Waals surface area contributed by atoms with Gasteiger partial charge in [0, 0.05) is 31.9 Å². The summed E-state index contributed by atoms with van der Waals surface area (Å²) < 4.78 is 5.49. The van der Waals surface area contributed by atoms with Crippen LogP contribution in [0.4, 0.5) is 10.5 Å². The number of rotatable bonds is 4. The molecule has 2 heterocycles. The molecule has 0 saturated carbocycles. The first-order chi connectivity index (χ1) is 13.3. The van der Waals surface area contributed by atoms with E-state index in [1.54, 1.807) is 0 Å². The average molecular weight is 386 g/mol. The molecule has 1 unspecified atom stereocenters. The molecule has 0 radical (unpaired) electrons. The average Bonchev–Trinajstić information content (AvgIpc) is 2.95. The summed E-state index contributed by atoms with van der Waals surface area (Å²) in [6, 6.07) is 5.79. The summed E-state index contributed by atoms with van der Waals surface area (Å²) in [5.41, 5.74) is 3.12. The van der Waals surface area contributed by atoms with Crippen LogP contribution in [0.3, 0.4) is 0 Å². The number of anilines is 1. The van der Waals surface area contributed by atoms with E-state index in [2.05, 4.69) is 47.2 Å². The van der Waals surface area contributed by atoms with Crippen LogP contribution in [0.15, 0.2) is 22.7 Å². The second-order valence-corrected chi connectivity index (χ2v) is 8.06. The Balaban J connectivity index is 1.80. The largest absolute Gasteiger partial charge is 0.338 e. The Hall–Kier alpha value is -2.41. The van der Waals surface area contributed by atoms with Crippen molar-refractivity contribution >= 4 is 11.7 Å². The van der Waals surface area contributed by atoms with Crippen LogP contribution in [0, 0.1) is 26.7 Å². The number of hydrogen-bond acceptors (Lipinski definition) is 5. The Morgan fingerprint density at radius 2 is 2.07 bits per heavy atom. The summed E-state index contributed by atoms with van der Waals surface area (Å²) >= 11 is 0. The molecule has 1 fully saturated rings. The molecule has 7 heteroatoms. The van der Waals surface area contributed by atoms with E-state index in [9.17, 15) is 4.79 Å². The van der Waals surface area contributed by atoms with Crippen molar-refractivity contribution in [2.45, 2.75) is 47.1 Å². The van der Waals surface area contributed by atoms with Crippen LogP contribution >= 0.6 is 0 Å². The van der Waals surface area contributed by atoms with Gasteiger partial charge >= 0.3 is 6.03 Å². The van der Waals surface area contributed by atoms with Crippen LogP contribution in [0.2, 0.25) is 0 Å². The molecule has 1 aromatic heterocycles. The molecule has 0 bridgehead atoms. The number of urea groups is 1. The van der Waals surface area contributed by atoms with Crippen molar-refractivity contribution in [2.24, 2.45) is 5.92 Å². The van der Waals surface area contributed by atoms with Gasteiger partial charge in [-0.15, -0.1) is 0 Å². The van der Waals surface area contributed by atoms with Crippen LogP contribution in [-0.4, -0.2) is 52.2 Å². The van der Waals surface area contributed by atoms with Crippen molar-refractivity contribution in [3.8, 4) is 0 Å². The van der Waals surface area contributed by atoms with Gasteiger partial charge in [-0.05, 0) is 50.3 Å². The van der Waals surface area contributed by atoms with Gasteiger partial charge in [-0.2, -0.15) is 4.98 Å². The zero-order valence-corrected chi connectivity index (χ0v) is 17.5.